The van der Waals surface area contributed by atoms with Gasteiger partial charge in [0.15, 0.2) is 5.76 Å². The molecule has 26 heavy (non-hydrogen) atoms. The van der Waals surface area contributed by atoms with Gasteiger partial charge in [0.25, 0.3) is 5.91 Å². The maximum absolute atomic E-state index is 12.7. The van der Waals surface area contributed by atoms with Gasteiger partial charge in [-0.3, -0.25) is 9.69 Å². The second kappa shape index (κ2) is 7.84. The fraction of sp³-hybridized carbons (Fsp3) is 0.450. The van der Waals surface area contributed by atoms with Gasteiger partial charge in [-0.2, -0.15) is 0 Å². The predicted molar refractivity (Wildman–Crippen MR) is 102 cm³/mol. The number of likely N-dealkylation sites (tertiary alicyclic amines) is 2. The van der Waals surface area contributed by atoms with Gasteiger partial charge in [-0.15, -0.1) is 0 Å². The van der Waals surface area contributed by atoms with Gasteiger partial charge in [0.2, 0.25) is 0 Å². The van der Waals surface area contributed by atoms with Crippen molar-refractivity contribution in [1.82, 2.24) is 9.80 Å². The first-order valence-corrected chi connectivity index (χ1v) is 9.99. The highest BCUT2D eigenvalue weighted by Crippen LogP contribution is 2.23. The molecule has 138 valence electrons. The van der Waals surface area contributed by atoms with Crippen LogP contribution in [-0.2, 0) is 6.61 Å². The first kappa shape index (κ1) is 17.6. The van der Waals surface area contributed by atoms with E-state index in [0.29, 0.717) is 24.2 Å². The molecule has 4 rings (SSSR count). The van der Waals surface area contributed by atoms with E-state index in [-0.39, 0.29) is 5.91 Å². The molecular formula is C20H23BrN2O3. The van der Waals surface area contributed by atoms with Crippen LogP contribution in [0.3, 0.4) is 0 Å². The number of ether oxygens (including phenoxy) is 1. The standard InChI is InChI=1S/C20H23BrN2O3/c21-15-4-3-5-17(12-15)25-14-18-6-7-19(26-18)20(24)23-11-8-16(13-23)22-9-1-2-10-22/h3-7,12,16H,1-2,8-11,13-14H2. The second-order valence-corrected chi connectivity index (χ2v) is 7.86. The van der Waals surface area contributed by atoms with E-state index in [1.54, 1.807) is 6.07 Å². The molecule has 2 aromatic rings. The van der Waals surface area contributed by atoms with Crippen LogP contribution in [0.5, 0.6) is 5.75 Å². The molecule has 1 unspecified atom stereocenters. The number of carbonyl (C=O) groups is 1. The molecule has 0 radical (unpaired) electrons. The van der Waals surface area contributed by atoms with Crippen LogP contribution in [0.25, 0.3) is 0 Å². The smallest absolute Gasteiger partial charge is 0.289 e. The summed E-state index contributed by atoms with van der Waals surface area (Å²) in [5.41, 5.74) is 0. The Hall–Kier alpha value is -1.79. The normalized spacial score (nSPS) is 20.7. The minimum atomic E-state index is -0.0135. The number of benzene rings is 1. The number of hydrogen-bond donors (Lipinski definition) is 0. The quantitative estimate of drug-likeness (QED) is 0.737. The maximum atomic E-state index is 12.7. The molecule has 6 heteroatoms. The Morgan fingerprint density at radius 3 is 2.85 bits per heavy atom. The molecule has 0 spiro atoms. The molecule has 2 fully saturated rings. The number of nitrogens with zero attached hydrogens (tertiary/aromatic N) is 2. The average molecular weight is 419 g/mol. The predicted octanol–water partition coefficient (Wildman–Crippen LogP) is 3.93. The third-order valence-corrected chi connectivity index (χ3v) is 5.65. The Bertz CT molecular complexity index is 770. The Balaban J connectivity index is 1.33. The van der Waals surface area contributed by atoms with E-state index in [0.717, 1.165) is 29.7 Å². The minimum absolute atomic E-state index is 0.0135. The molecule has 1 atom stereocenters. The second-order valence-electron chi connectivity index (χ2n) is 6.95. The molecule has 0 saturated carbocycles. The van der Waals surface area contributed by atoms with E-state index >= 15 is 0 Å². The molecule has 5 nitrogen and oxygen atoms in total. The van der Waals surface area contributed by atoms with Crippen LogP contribution in [0.4, 0.5) is 0 Å². The summed E-state index contributed by atoms with van der Waals surface area (Å²) in [6.07, 6.45) is 3.62. The minimum Gasteiger partial charge on any atom is -0.486 e. The number of hydrogen-bond acceptors (Lipinski definition) is 4. The number of halogens is 1. The average Bonchev–Trinajstić information content (AvgIpc) is 3.40. The highest BCUT2D eigenvalue weighted by molar-refractivity contribution is 9.10. The van der Waals surface area contributed by atoms with E-state index in [1.807, 2.05) is 35.2 Å². The van der Waals surface area contributed by atoms with Gasteiger partial charge < -0.3 is 14.1 Å². The van der Waals surface area contributed by atoms with Crippen LogP contribution in [-0.4, -0.2) is 47.9 Å². The number of carbonyl (C=O) groups excluding carboxylic acids is 1. The summed E-state index contributed by atoms with van der Waals surface area (Å²) >= 11 is 3.42. The van der Waals surface area contributed by atoms with Crippen molar-refractivity contribution in [2.75, 3.05) is 26.2 Å². The van der Waals surface area contributed by atoms with Crippen molar-refractivity contribution in [2.45, 2.75) is 31.9 Å². The van der Waals surface area contributed by atoms with Crippen LogP contribution < -0.4 is 4.74 Å². The molecular weight excluding hydrogens is 396 g/mol. The van der Waals surface area contributed by atoms with E-state index in [4.69, 9.17) is 9.15 Å². The Morgan fingerprint density at radius 2 is 2.04 bits per heavy atom. The Kier molecular flexibility index (Phi) is 5.31. The van der Waals surface area contributed by atoms with Crippen molar-refractivity contribution >= 4 is 21.8 Å². The molecule has 1 aromatic carbocycles. The molecule has 0 N–H and O–H groups in total. The van der Waals surface area contributed by atoms with Crippen LogP contribution in [0.1, 0.15) is 35.6 Å². The Labute approximate surface area is 162 Å². The largest absolute Gasteiger partial charge is 0.486 e. The molecule has 2 aliphatic rings. The fourth-order valence-electron chi connectivity index (χ4n) is 3.77. The van der Waals surface area contributed by atoms with Gasteiger partial charge in [-0.1, -0.05) is 22.0 Å². The number of rotatable bonds is 5. The zero-order chi connectivity index (χ0) is 17.9. The lowest BCUT2D eigenvalue weighted by molar-refractivity contribution is 0.0744. The van der Waals surface area contributed by atoms with Gasteiger partial charge in [-0.05, 0) is 62.7 Å². The summed E-state index contributed by atoms with van der Waals surface area (Å²) in [6, 6.07) is 11.7. The van der Waals surface area contributed by atoms with E-state index < -0.39 is 0 Å². The van der Waals surface area contributed by atoms with Crippen molar-refractivity contribution in [3.63, 3.8) is 0 Å². The van der Waals surface area contributed by atoms with Crippen LogP contribution in [0, 0.1) is 0 Å². The number of amides is 1. The lowest BCUT2D eigenvalue weighted by atomic mass is 10.2. The lowest BCUT2D eigenvalue weighted by Gasteiger charge is -2.23. The topological polar surface area (TPSA) is 45.9 Å². The first-order chi connectivity index (χ1) is 12.7. The molecule has 1 amide bonds. The van der Waals surface area contributed by atoms with Crippen LogP contribution in [0.2, 0.25) is 0 Å². The van der Waals surface area contributed by atoms with Crippen molar-refractivity contribution in [3.8, 4) is 5.75 Å². The monoisotopic (exact) mass is 418 g/mol. The van der Waals surface area contributed by atoms with Gasteiger partial charge in [-0.25, -0.2) is 0 Å². The van der Waals surface area contributed by atoms with Crippen LogP contribution >= 0.6 is 15.9 Å². The van der Waals surface area contributed by atoms with Gasteiger partial charge in [0, 0.05) is 23.6 Å². The maximum Gasteiger partial charge on any atom is 0.289 e. The summed E-state index contributed by atoms with van der Waals surface area (Å²) in [5, 5.41) is 0. The zero-order valence-electron chi connectivity index (χ0n) is 14.7. The molecule has 0 bridgehead atoms. The summed E-state index contributed by atoms with van der Waals surface area (Å²) in [6.45, 7) is 4.27. The SMILES string of the molecule is O=C(c1ccc(COc2cccc(Br)c2)o1)N1CCC(N2CCCC2)C1. The van der Waals surface area contributed by atoms with Gasteiger partial charge in [0.05, 0.1) is 0 Å². The molecule has 1 aromatic heterocycles. The molecule has 0 aliphatic carbocycles. The molecule has 3 heterocycles. The van der Waals surface area contributed by atoms with E-state index in [1.165, 1.54) is 25.9 Å². The Morgan fingerprint density at radius 1 is 1.19 bits per heavy atom. The first-order valence-electron chi connectivity index (χ1n) is 9.19. The summed E-state index contributed by atoms with van der Waals surface area (Å²) in [7, 11) is 0. The summed E-state index contributed by atoms with van der Waals surface area (Å²) < 4.78 is 12.4. The van der Waals surface area contributed by atoms with E-state index in [2.05, 4.69) is 20.8 Å². The summed E-state index contributed by atoms with van der Waals surface area (Å²) in [4.78, 5) is 17.1. The van der Waals surface area contributed by atoms with Crippen molar-refractivity contribution in [3.05, 3.63) is 52.4 Å². The summed E-state index contributed by atoms with van der Waals surface area (Å²) in [5.74, 6) is 1.81. The third-order valence-electron chi connectivity index (χ3n) is 5.16. The van der Waals surface area contributed by atoms with Crippen LogP contribution in [0.15, 0.2) is 45.3 Å². The zero-order valence-corrected chi connectivity index (χ0v) is 16.3. The molecule has 2 saturated heterocycles. The highest BCUT2D eigenvalue weighted by atomic mass is 79.9. The van der Waals surface area contributed by atoms with E-state index in [9.17, 15) is 4.79 Å². The highest BCUT2D eigenvalue weighted by Gasteiger charge is 2.32. The lowest BCUT2D eigenvalue weighted by Crippen LogP contribution is -2.37. The van der Waals surface area contributed by atoms with Crippen molar-refractivity contribution < 1.29 is 13.9 Å². The van der Waals surface area contributed by atoms with Crippen molar-refractivity contribution in [1.29, 1.82) is 0 Å². The fourth-order valence-corrected chi connectivity index (χ4v) is 4.15. The third kappa shape index (κ3) is 3.96. The molecule has 2 aliphatic heterocycles. The number of furan rings is 1. The van der Waals surface area contributed by atoms with Crippen molar-refractivity contribution in [2.24, 2.45) is 0 Å². The van der Waals surface area contributed by atoms with Gasteiger partial charge >= 0.3 is 0 Å². The van der Waals surface area contributed by atoms with Gasteiger partial charge in [0.1, 0.15) is 18.1 Å².